The quantitative estimate of drug-likeness (QED) is 0.475. The van der Waals surface area contributed by atoms with E-state index in [1.807, 2.05) is 24.3 Å². The molecule has 1 aliphatic rings. The zero-order valence-electron chi connectivity index (χ0n) is 15.8. The molecule has 1 saturated heterocycles. The first-order valence-corrected chi connectivity index (χ1v) is 10.8. The Bertz CT molecular complexity index is 994. The van der Waals surface area contributed by atoms with Crippen LogP contribution in [0.1, 0.15) is 5.82 Å². The topological polar surface area (TPSA) is 67.4 Å². The lowest BCUT2D eigenvalue weighted by Gasteiger charge is -2.25. The number of benzene rings is 2. The molecule has 0 aliphatic carbocycles. The molecule has 0 spiro atoms. The summed E-state index contributed by atoms with van der Waals surface area (Å²) >= 11 is 7.31. The number of nitrogens with zero attached hydrogens (tertiary/aromatic N) is 3. The summed E-state index contributed by atoms with van der Waals surface area (Å²) in [5, 5.41) is 5.31. The van der Waals surface area contributed by atoms with Crippen LogP contribution in [0.5, 0.6) is 0 Å². The Morgan fingerprint density at radius 3 is 2.66 bits per heavy atom. The first kappa shape index (κ1) is 20.1. The van der Waals surface area contributed by atoms with Crippen molar-refractivity contribution in [1.29, 1.82) is 0 Å². The lowest BCUT2D eigenvalue weighted by molar-refractivity contribution is -0.113. The second-order valence-electron chi connectivity index (χ2n) is 6.69. The standard InChI is InChI=1S/C21H21ClN4O2S/c22-15-5-7-16(8-6-15)23-20(27)14-29-21-17-3-1-2-4-18(17)24-19(25-21)13-26-9-11-28-12-10-26/h1-8H,9-14H2,(H,23,27). The number of halogens is 1. The molecule has 0 radical (unpaired) electrons. The van der Waals surface area contributed by atoms with Gasteiger partial charge in [-0.15, -0.1) is 0 Å². The molecule has 0 saturated carbocycles. The van der Waals surface area contributed by atoms with E-state index in [0.29, 0.717) is 11.6 Å². The van der Waals surface area contributed by atoms with Crippen molar-refractivity contribution in [3.8, 4) is 0 Å². The van der Waals surface area contributed by atoms with Crippen molar-refractivity contribution in [2.45, 2.75) is 11.6 Å². The van der Waals surface area contributed by atoms with Crippen LogP contribution in [0.4, 0.5) is 5.69 Å². The molecule has 1 amide bonds. The van der Waals surface area contributed by atoms with Crippen molar-refractivity contribution < 1.29 is 9.53 Å². The molecule has 2 aromatic carbocycles. The SMILES string of the molecule is O=C(CSc1nc(CN2CCOCC2)nc2ccccc12)Nc1ccc(Cl)cc1. The van der Waals surface area contributed by atoms with E-state index in [1.165, 1.54) is 11.8 Å². The molecule has 29 heavy (non-hydrogen) atoms. The summed E-state index contributed by atoms with van der Waals surface area (Å²) in [4.78, 5) is 24.1. The molecule has 6 nitrogen and oxygen atoms in total. The summed E-state index contributed by atoms with van der Waals surface area (Å²) in [5.41, 5.74) is 1.62. The van der Waals surface area contributed by atoms with Crippen LogP contribution < -0.4 is 5.32 Å². The molecule has 0 unspecified atom stereocenters. The first-order valence-electron chi connectivity index (χ1n) is 9.41. The number of aromatic nitrogens is 2. The van der Waals surface area contributed by atoms with Gasteiger partial charge >= 0.3 is 0 Å². The second-order valence-corrected chi connectivity index (χ2v) is 8.09. The molecule has 0 atom stereocenters. The zero-order valence-corrected chi connectivity index (χ0v) is 17.4. The number of nitrogens with one attached hydrogen (secondary N) is 1. The van der Waals surface area contributed by atoms with Crippen molar-refractivity contribution in [1.82, 2.24) is 14.9 Å². The molecular formula is C21H21ClN4O2S. The number of para-hydroxylation sites is 1. The van der Waals surface area contributed by atoms with Gasteiger partial charge in [-0.2, -0.15) is 0 Å². The van der Waals surface area contributed by atoms with Crippen molar-refractivity contribution in [2.24, 2.45) is 0 Å². The monoisotopic (exact) mass is 428 g/mol. The van der Waals surface area contributed by atoms with E-state index in [2.05, 4.69) is 10.2 Å². The van der Waals surface area contributed by atoms with Crippen LogP contribution in [0, 0.1) is 0 Å². The van der Waals surface area contributed by atoms with Crippen LogP contribution in [0.3, 0.4) is 0 Å². The van der Waals surface area contributed by atoms with E-state index in [4.69, 9.17) is 26.3 Å². The number of rotatable bonds is 6. The van der Waals surface area contributed by atoms with E-state index in [9.17, 15) is 4.79 Å². The first-order chi connectivity index (χ1) is 14.2. The van der Waals surface area contributed by atoms with Crippen LogP contribution in [-0.4, -0.2) is 52.8 Å². The Labute approximate surface area is 178 Å². The van der Waals surface area contributed by atoms with Gasteiger partial charge in [-0.3, -0.25) is 9.69 Å². The van der Waals surface area contributed by atoms with Crippen molar-refractivity contribution in [3.05, 3.63) is 59.4 Å². The maximum Gasteiger partial charge on any atom is 0.234 e. The summed E-state index contributed by atoms with van der Waals surface area (Å²) in [6.07, 6.45) is 0. The van der Waals surface area contributed by atoms with Gasteiger partial charge in [-0.05, 0) is 30.3 Å². The molecule has 4 rings (SSSR count). The average molecular weight is 429 g/mol. The van der Waals surface area contributed by atoms with E-state index in [0.717, 1.165) is 53.7 Å². The lowest BCUT2D eigenvalue weighted by Crippen LogP contribution is -2.36. The number of ether oxygens (including phenoxy) is 1. The fourth-order valence-corrected chi connectivity index (χ4v) is 4.06. The summed E-state index contributed by atoms with van der Waals surface area (Å²) in [6, 6.07) is 15.0. The fraction of sp³-hybridized carbons (Fsp3) is 0.286. The Hall–Kier alpha value is -2.19. The van der Waals surface area contributed by atoms with Gasteiger partial charge in [0.05, 0.1) is 31.0 Å². The molecule has 1 aromatic heterocycles. The summed E-state index contributed by atoms with van der Waals surface area (Å²) < 4.78 is 5.41. The number of carbonyl (C=O) groups is 1. The molecule has 2 heterocycles. The van der Waals surface area contributed by atoms with Gasteiger partial charge in [0, 0.05) is 29.2 Å². The highest BCUT2D eigenvalue weighted by molar-refractivity contribution is 8.00. The zero-order chi connectivity index (χ0) is 20.1. The maximum atomic E-state index is 12.4. The van der Waals surface area contributed by atoms with E-state index < -0.39 is 0 Å². The Morgan fingerprint density at radius 2 is 1.86 bits per heavy atom. The Morgan fingerprint density at radius 1 is 1.10 bits per heavy atom. The fourth-order valence-electron chi connectivity index (χ4n) is 3.10. The highest BCUT2D eigenvalue weighted by Crippen LogP contribution is 2.26. The van der Waals surface area contributed by atoms with Gasteiger partial charge in [-0.1, -0.05) is 41.6 Å². The third kappa shape index (κ3) is 5.45. The second kappa shape index (κ2) is 9.54. The van der Waals surface area contributed by atoms with Crippen LogP contribution in [0.15, 0.2) is 53.6 Å². The lowest BCUT2D eigenvalue weighted by atomic mass is 10.2. The summed E-state index contributed by atoms with van der Waals surface area (Å²) in [5.74, 6) is 0.946. The molecular weight excluding hydrogens is 408 g/mol. The normalized spacial score (nSPS) is 14.8. The van der Waals surface area contributed by atoms with E-state index in [1.54, 1.807) is 24.3 Å². The van der Waals surface area contributed by atoms with Crippen LogP contribution in [0.25, 0.3) is 10.9 Å². The van der Waals surface area contributed by atoms with E-state index in [-0.39, 0.29) is 11.7 Å². The third-order valence-corrected chi connectivity index (χ3v) is 5.79. The Balaban J connectivity index is 1.47. The molecule has 1 N–H and O–H groups in total. The Kier molecular flexibility index (Phi) is 6.61. The predicted molar refractivity (Wildman–Crippen MR) is 116 cm³/mol. The molecule has 3 aromatic rings. The van der Waals surface area contributed by atoms with Crippen LogP contribution >= 0.6 is 23.4 Å². The van der Waals surface area contributed by atoms with Gasteiger partial charge in [0.1, 0.15) is 10.9 Å². The summed E-state index contributed by atoms with van der Waals surface area (Å²) in [6.45, 7) is 3.91. The maximum absolute atomic E-state index is 12.4. The van der Waals surface area contributed by atoms with Gasteiger partial charge < -0.3 is 10.1 Å². The van der Waals surface area contributed by atoms with Crippen molar-refractivity contribution >= 4 is 45.9 Å². The highest BCUT2D eigenvalue weighted by atomic mass is 35.5. The molecule has 1 fully saturated rings. The molecule has 150 valence electrons. The number of anilines is 1. The minimum Gasteiger partial charge on any atom is -0.379 e. The number of hydrogen-bond acceptors (Lipinski definition) is 6. The van der Waals surface area contributed by atoms with Gasteiger partial charge in [0.2, 0.25) is 5.91 Å². The number of carbonyl (C=O) groups excluding carboxylic acids is 1. The van der Waals surface area contributed by atoms with Gasteiger partial charge in [-0.25, -0.2) is 9.97 Å². The van der Waals surface area contributed by atoms with E-state index >= 15 is 0 Å². The number of fused-ring (bicyclic) bond motifs is 1. The predicted octanol–water partition coefficient (Wildman–Crippen LogP) is 3.85. The average Bonchev–Trinajstić information content (AvgIpc) is 2.74. The van der Waals surface area contributed by atoms with Crippen molar-refractivity contribution in [3.63, 3.8) is 0 Å². The summed E-state index contributed by atoms with van der Waals surface area (Å²) in [7, 11) is 0. The molecule has 1 aliphatic heterocycles. The molecule has 8 heteroatoms. The van der Waals surface area contributed by atoms with Crippen molar-refractivity contribution in [2.75, 3.05) is 37.4 Å². The van der Waals surface area contributed by atoms with Gasteiger partial charge in [0.25, 0.3) is 0 Å². The van der Waals surface area contributed by atoms with Gasteiger partial charge in [0.15, 0.2) is 0 Å². The third-order valence-electron chi connectivity index (χ3n) is 4.55. The number of amides is 1. The smallest absolute Gasteiger partial charge is 0.234 e. The highest BCUT2D eigenvalue weighted by Gasteiger charge is 2.15. The number of morpholine rings is 1. The minimum absolute atomic E-state index is 0.0882. The van der Waals surface area contributed by atoms with Crippen LogP contribution in [0.2, 0.25) is 5.02 Å². The molecule has 0 bridgehead atoms. The van der Waals surface area contributed by atoms with Crippen LogP contribution in [-0.2, 0) is 16.1 Å². The number of thioether (sulfide) groups is 1. The minimum atomic E-state index is -0.0882. The largest absolute Gasteiger partial charge is 0.379 e. The number of hydrogen-bond donors (Lipinski definition) is 1.